The molecule has 4 nitrogen and oxygen atoms in total. The van der Waals surface area contributed by atoms with Crippen molar-refractivity contribution in [3.05, 3.63) is 121 Å². The predicted octanol–water partition coefficient (Wildman–Crippen LogP) is 7.85. The van der Waals surface area contributed by atoms with Crippen molar-refractivity contribution in [1.82, 2.24) is 0 Å². The van der Waals surface area contributed by atoms with Gasteiger partial charge in [0.25, 0.3) is 0 Å². The third-order valence-corrected chi connectivity index (χ3v) is 16.1. The summed E-state index contributed by atoms with van der Waals surface area (Å²) in [6.45, 7) is 9.54. The molecule has 4 atom stereocenters. The van der Waals surface area contributed by atoms with Gasteiger partial charge in [0.15, 0.2) is 0 Å². The molecule has 1 heterocycles. The minimum absolute atomic E-state index is 0.312. The lowest BCUT2D eigenvalue weighted by Gasteiger charge is -2.63. The summed E-state index contributed by atoms with van der Waals surface area (Å²) < 4.78 is 28.0. The summed E-state index contributed by atoms with van der Waals surface area (Å²) in [6.07, 6.45) is 2.81. The van der Waals surface area contributed by atoms with Gasteiger partial charge < -0.3 is 18.9 Å². The van der Waals surface area contributed by atoms with E-state index in [1.807, 2.05) is 0 Å². The summed E-state index contributed by atoms with van der Waals surface area (Å²) in [5.74, 6) is -2.02. The second-order valence-corrected chi connectivity index (χ2v) is 19.2. The molecule has 0 amide bonds. The molecule has 0 aromatic heterocycles. The fourth-order valence-corrected chi connectivity index (χ4v) is 13.8. The van der Waals surface area contributed by atoms with Gasteiger partial charge in [-0.15, -0.1) is 0 Å². The monoisotopic (exact) mass is 654 g/mol. The van der Waals surface area contributed by atoms with E-state index in [-0.39, 0.29) is 22.5 Å². The van der Waals surface area contributed by atoms with Gasteiger partial charge >= 0.3 is 0 Å². The SMILES string of the molecule is CO[C@@]12CCCC[C@@]1(OC)O[C@H](C(C)(C)P(c1ccccc1)c1ccccc1)[C@@H](C(C)(C)P(c1ccccc1)c1ccccc1)O2. The van der Waals surface area contributed by atoms with Gasteiger partial charge in [0.1, 0.15) is 0 Å². The molecular formula is C40H48O4P2. The topological polar surface area (TPSA) is 36.9 Å². The van der Waals surface area contributed by atoms with Crippen LogP contribution in [0, 0.1) is 0 Å². The molecule has 46 heavy (non-hydrogen) atoms. The van der Waals surface area contributed by atoms with Crippen LogP contribution in [0.3, 0.4) is 0 Å². The van der Waals surface area contributed by atoms with Gasteiger partial charge in [-0.25, -0.2) is 0 Å². The lowest BCUT2D eigenvalue weighted by atomic mass is 9.82. The Morgan fingerprint density at radius 2 is 0.761 bits per heavy atom. The summed E-state index contributed by atoms with van der Waals surface area (Å²) >= 11 is 0. The first-order valence-electron chi connectivity index (χ1n) is 16.5. The Labute approximate surface area is 278 Å². The van der Waals surface area contributed by atoms with E-state index in [2.05, 4.69) is 149 Å². The molecule has 0 unspecified atom stereocenters. The third kappa shape index (κ3) is 5.92. The van der Waals surface area contributed by atoms with E-state index in [0.717, 1.165) is 25.7 Å². The molecule has 0 bridgehead atoms. The van der Waals surface area contributed by atoms with Gasteiger partial charge in [-0.2, -0.15) is 0 Å². The number of hydrogen-bond acceptors (Lipinski definition) is 4. The minimum atomic E-state index is -1.01. The Kier molecular flexibility index (Phi) is 9.90. The second-order valence-electron chi connectivity index (χ2n) is 13.5. The van der Waals surface area contributed by atoms with E-state index in [0.29, 0.717) is 0 Å². The zero-order valence-electron chi connectivity index (χ0n) is 28.1. The Morgan fingerprint density at radius 3 is 1.00 bits per heavy atom. The Balaban J connectivity index is 1.56. The van der Waals surface area contributed by atoms with Crippen LogP contribution in [0.1, 0.15) is 53.4 Å². The number of hydrogen-bond donors (Lipinski definition) is 0. The fourth-order valence-electron chi connectivity index (χ4n) is 7.76. The normalized spacial score (nSPS) is 25.4. The second kappa shape index (κ2) is 13.6. The van der Waals surface area contributed by atoms with Crippen LogP contribution < -0.4 is 21.2 Å². The summed E-state index contributed by atoms with van der Waals surface area (Å²) in [4.78, 5) is 0. The van der Waals surface area contributed by atoms with Crippen LogP contribution in [0.2, 0.25) is 0 Å². The van der Waals surface area contributed by atoms with Crippen LogP contribution >= 0.6 is 15.8 Å². The Bertz CT molecular complexity index is 1350. The number of methoxy groups -OCH3 is 2. The van der Waals surface area contributed by atoms with E-state index in [4.69, 9.17) is 18.9 Å². The maximum Gasteiger partial charge on any atom is 0.223 e. The third-order valence-electron chi connectivity index (χ3n) is 10.0. The molecule has 242 valence electrons. The van der Waals surface area contributed by atoms with Gasteiger partial charge in [0.2, 0.25) is 11.6 Å². The molecule has 0 spiro atoms. The maximum atomic E-state index is 7.59. The Hall–Kier alpha value is -2.42. The highest BCUT2D eigenvalue weighted by molar-refractivity contribution is 7.75. The number of benzene rings is 4. The van der Waals surface area contributed by atoms with Crippen molar-refractivity contribution >= 4 is 37.1 Å². The first kappa shape index (κ1) is 33.5. The molecule has 1 saturated heterocycles. The van der Waals surface area contributed by atoms with Crippen LogP contribution in [-0.2, 0) is 18.9 Å². The first-order chi connectivity index (χ1) is 22.2. The number of rotatable bonds is 10. The average molecular weight is 655 g/mol. The van der Waals surface area contributed by atoms with Gasteiger partial charge in [0.05, 0.1) is 12.2 Å². The molecule has 1 saturated carbocycles. The van der Waals surface area contributed by atoms with E-state index < -0.39 is 27.4 Å². The largest absolute Gasteiger partial charge is 0.349 e. The molecule has 4 aromatic carbocycles. The van der Waals surface area contributed by atoms with E-state index in [9.17, 15) is 0 Å². The minimum Gasteiger partial charge on any atom is -0.349 e. The van der Waals surface area contributed by atoms with Gasteiger partial charge in [-0.3, -0.25) is 0 Å². The van der Waals surface area contributed by atoms with Crippen molar-refractivity contribution in [1.29, 1.82) is 0 Å². The maximum absolute atomic E-state index is 7.59. The Morgan fingerprint density at radius 1 is 0.500 bits per heavy atom. The van der Waals surface area contributed by atoms with Crippen molar-refractivity contribution in [2.75, 3.05) is 14.2 Å². The van der Waals surface area contributed by atoms with Crippen LogP contribution in [0.4, 0.5) is 0 Å². The zero-order valence-corrected chi connectivity index (χ0v) is 29.8. The molecule has 1 aliphatic carbocycles. The highest BCUT2D eigenvalue weighted by Crippen LogP contribution is 2.62. The molecule has 2 fully saturated rings. The average Bonchev–Trinajstić information content (AvgIpc) is 3.09. The van der Waals surface area contributed by atoms with Crippen molar-refractivity contribution in [2.24, 2.45) is 0 Å². The summed E-state index contributed by atoms with van der Waals surface area (Å²) in [6, 6.07) is 43.8. The quantitative estimate of drug-likeness (QED) is 0.163. The van der Waals surface area contributed by atoms with Crippen molar-refractivity contribution in [2.45, 2.75) is 87.5 Å². The molecule has 6 heteroatoms. The molecule has 0 radical (unpaired) electrons. The summed E-state index contributed by atoms with van der Waals surface area (Å²) in [5, 5.41) is 4.55. The number of fused-ring (bicyclic) bond motifs is 1. The van der Waals surface area contributed by atoms with Crippen molar-refractivity contribution in [3.63, 3.8) is 0 Å². The van der Waals surface area contributed by atoms with E-state index in [1.165, 1.54) is 21.2 Å². The van der Waals surface area contributed by atoms with Gasteiger partial charge in [0, 0.05) is 37.4 Å². The molecular weight excluding hydrogens is 606 g/mol. The van der Waals surface area contributed by atoms with Crippen LogP contribution in [-0.4, -0.2) is 48.3 Å². The standard InChI is InChI=1S/C40H48O4P2/c1-37(2,45(31-21-11-7-12-22-31)32-23-13-8-14-24-32)35-36(44-40(42-6)30-20-19-29-39(40,41-5)43-35)38(3,4)46(33-25-15-9-16-26-33)34-27-17-10-18-28-34/h7-18,21-28,35-36H,19-20,29-30H2,1-6H3/t35-,36-,39+,40+/m0/s1. The highest BCUT2D eigenvalue weighted by atomic mass is 31.1. The van der Waals surface area contributed by atoms with E-state index in [1.54, 1.807) is 14.2 Å². The smallest absolute Gasteiger partial charge is 0.223 e. The summed E-state index contributed by atoms with van der Waals surface area (Å²) in [5.41, 5.74) is 0. The lowest BCUT2D eigenvalue weighted by molar-refractivity contribution is -0.473. The molecule has 1 aliphatic heterocycles. The zero-order chi connectivity index (χ0) is 32.4. The van der Waals surface area contributed by atoms with E-state index >= 15 is 0 Å². The summed E-state index contributed by atoms with van der Waals surface area (Å²) in [7, 11) is 1.75. The fraction of sp³-hybridized carbons (Fsp3) is 0.400. The highest BCUT2D eigenvalue weighted by Gasteiger charge is 2.68. The molecule has 2 aliphatic rings. The van der Waals surface area contributed by atoms with Crippen LogP contribution in [0.5, 0.6) is 0 Å². The van der Waals surface area contributed by atoms with Crippen molar-refractivity contribution in [3.8, 4) is 0 Å². The first-order valence-corrected chi connectivity index (χ1v) is 19.1. The van der Waals surface area contributed by atoms with Crippen LogP contribution in [0.15, 0.2) is 121 Å². The molecule has 6 rings (SSSR count). The number of ether oxygens (including phenoxy) is 4. The molecule has 0 N–H and O–H groups in total. The molecule has 4 aromatic rings. The van der Waals surface area contributed by atoms with Crippen LogP contribution in [0.25, 0.3) is 0 Å². The predicted molar refractivity (Wildman–Crippen MR) is 194 cm³/mol. The van der Waals surface area contributed by atoms with Gasteiger partial charge in [-0.1, -0.05) is 149 Å². The lowest BCUT2D eigenvalue weighted by Crippen LogP contribution is -2.74. The van der Waals surface area contributed by atoms with Gasteiger partial charge in [-0.05, 0) is 49.9 Å². The van der Waals surface area contributed by atoms with Crippen molar-refractivity contribution < 1.29 is 18.9 Å².